The predicted octanol–water partition coefficient (Wildman–Crippen LogP) is 4.93. The SMILES string of the molecule is CCN1CCN(c2ccc(NC(=O)Nc3ccc(-c4nc(N5CCOCC5C)nc(N5[C@H](C)CC[C@@H]5C)n4)cc3)cc2)CC1. The minimum atomic E-state index is -0.287. The van der Waals surface area contributed by atoms with Crippen LogP contribution in [0.4, 0.5) is 33.8 Å². The third-order valence-electron chi connectivity index (χ3n) is 9.13. The van der Waals surface area contributed by atoms with E-state index in [4.69, 9.17) is 19.7 Å². The molecule has 1 unspecified atom stereocenters. The topological polar surface area (TPSA) is 102 Å². The highest BCUT2D eigenvalue weighted by Crippen LogP contribution is 2.31. The van der Waals surface area contributed by atoms with E-state index in [2.05, 4.69) is 70.1 Å². The van der Waals surface area contributed by atoms with Crippen molar-refractivity contribution in [3.63, 3.8) is 0 Å². The number of urea groups is 1. The van der Waals surface area contributed by atoms with Crippen LogP contribution < -0.4 is 25.3 Å². The highest BCUT2D eigenvalue weighted by Gasteiger charge is 2.31. The lowest BCUT2D eigenvalue weighted by Gasteiger charge is -2.35. The zero-order chi connectivity index (χ0) is 30.6. The number of hydrogen-bond donors (Lipinski definition) is 2. The van der Waals surface area contributed by atoms with Gasteiger partial charge < -0.3 is 35.0 Å². The lowest BCUT2D eigenvalue weighted by molar-refractivity contribution is 0.0981. The maximum atomic E-state index is 12.8. The van der Waals surface area contributed by atoms with E-state index >= 15 is 0 Å². The van der Waals surface area contributed by atoms with Crippen LogP contribution in [0.5, 0.6) is 0 Å². The van der Waals surface area contributed by atoms with Gasteiger partial charge in [0.05, 0.1) is 19.3 Å². The van der Waals surface area contributed by atoms with Crippen LogP contribution in [0.15, 0.2) is 48.5 Å². The Bertz CT molecular complexity index is 1400. The minimum Gasteiger partial charge on any atom is -0.377 e. The van der Waals surface area contributed by atoms with Crippen molar-refractivity contribution in [1.29, 1.82) is 0 Å². The van der Waals surface area contributed by atoms with Crippen molar-refractivity contribution in [3.05, 3.63) is 48.5 Å². The van der Waals surface area contributed by atoms with Crippen LogP contribution >= 0.6 is 0 Å². The number of hydrogen-bond acceptors (Lipinski definition) is 9. The molecular weight excluding hydrogens is 554 g/mol. The van der Waals surface area contributed by atoms with Crippen LogP contribution in [0.1, 0.15) is 40.5 Å². The zero-order valence-corrected chi connectivity index (χ0v) is 26.4. The molecule has 2 amide bonds. The second-order valence-corrected chi connectivity index (χ2v) is 12.2. The number of ether oxygens (including phenoxy) is 1. The molecule has 3 saturated heterocycles. The Morgan fingerprint density at radius 3 is 2.02 bits per heavy atom. The minimum absolute atomic E-state index is 0.179. The van der Waals surface area contributed by atoms with Crippen LogP contribution in [-0.2, 0) is 4.74 Å². The maximum Gasteiger partial charge on any atom is 0.323 e. The fourth-order valence-corrected chi connectivity index (χ4v) is 6.41. The van der Waals surface area contributed by atoms with Gasteiger partial charge in [-0.2, -0.15) is 15.0 Å². The number of anilines is 5. The quantitative estimate of drug-likeness (QED) is 0.392. The Morgan fingerprint density at radius 1 is 0.795 bits per heavy atom. The van der Waals surface area contributed by atoms with Crippen molar-refractivity contribution in [1.82, 2.24) is 19.9 Å². The molecule has 11 heteroatoms. The molecule has 234 valence electrons. The first-order chi connectivity index (χ1) is 21.4. The molecular formula is C33H45N9O2. The smallest absolute Gasteiger partial charge is 0.323 e. The number of benzene rings is 2. The number of rotatable bonds is 7. The number of nitrogens with one attached hydrogen (secondary N) is 2. The Labute approximate surface area is 260 Å². The average molecular weight is 600 g/mol. The van der Waals surface area contributed by atoms with Gasteiger partial charge in [-0.15, -0.1) is 0 Å². The molecule has 0 spiro atoms. The van der Waals surface area contributed by atoms with Crippen LogP contribution in [0.25, 0.3) is 11.4 Å². The number of carbonyl (C=O) groups excluding carboxylic acids is 1. The lowest BCUT2D eigenvalue weighted by Crippen LogP contribution is -2.46. The summed E-state index contributed by atoms with van der Waals surface area (Å²) < 4.78 is 5.67. The van der Waals surface area contributed by atoms with E-state index in [9.17, 15) is 4.79 Å². The largest absolute Gasteiger partial charge is 0.377 e. The van der Waals surface area contributed by atoms with E-state index < -0.39 is 0 Å². The lowest BCUT2D eigenvalue weighted by atomic mass is 10.2. The van der Waals surface area contributed by atoms with Gasteiger partial charge in [0.1, 0.15) is 0 Å². The maximum absolute atomic E-state index is 12.8. The molecule has 0 radical (unpaired) electrons. The van der Waals surface area contributed by atoms with Crippen LogP contribution in [0.3, 0.4) is 0 Å². The summed E-state index contributed by atoms with van der Waals surface area (Å²) in [6.45, 7) is 16.2. The normalized spacial score (nSPS) is 22.7. The number of nitrogens with zero attached hydrogens (tertiary/aromatic N) is 7. The van der Waals surface area contributed by atoms with E-state index in [1.54, 1.807) is 0 Å². The highest BCUT2D eigenvalue weighted by atomic mass is 16.5. The number of aromatic nitrogens is 3. The number of morpholine rings is 1. The first-order valence-electron chi connectivity index (χ1n) is 16.0. The molecule has 44 heavy (non-hydrogen) atoms. The predicted molar refractivity (Wildman–Crippen MR) is 177 cm³/mol. The molecule has 3 fully saturated rings. The summed E-state index contributed by atoms with van der Waals surface area (Å²) in [5, 5.41) is 5.89. The van der Waals surface area contributed by atoms with Gasteiger partial charge in [0.2, 0.25) is 11.9 Å². The van der Waals surface area contributed by atoms with Gasteiger partial charge >= 0.3 is 6.03 Å². The fraction of sp³-hybridized carbons (Fsp3) is 0.515. The molecule has 2 aromatic carbocycles. The zero-order valence-electron chi connectivity index (χ0n) is 26.4. The summed E-state index contributed by atoms with van der Waals surface area (Å²) in [4.78, 5) is 37.0. The molecule has 11 nitrogen and oxygen atoms in total. The van der Waals surface area contributed by atoms with Gasteiger partial charge in [-0.05, 0) is 88.7 Å². The Morgan fingerprint density at radius 2 is 1.41 bits per heavy atom. The summed E-state index contributed by atoms with van der Waals surface area (Å²) in [6.07, 6.45) is 2.24. The van der Waals surface area contributed by atoms with Crippen molar-refractivity contribution in [2.24, 2.45) is 0 Å². The first kappa shape index (κ1) is 30.1. The van der Waals surface area contributed by atoms with Crippen molar-refractivity contribution in [2.45, 2.75) is 58.7 Å². The third-order valence-corrected chi connectivity index (χ3v) is 9.13. The molecule has 3 aliphatic heterocycles. The molecule has 0 aliphatic carbocycles. The van der Waals surface area contributed by atoms with Crippen molar-refractivity contribution < 1.29 is 9.53 Å². The Kier molecular flexibility index (Phi) is 9.13. The molecule has 6 rings (SSSR count). The monoisotopic (exact) mass is 599 g/mol. The number of piperazine rings is 1. The van der Waals surface area contributed by atoms with Crippen molar-refractivity contribution >= 4 is 35.0 Å². The molecule has 0 bridgehead atoms. The van der Waals surface area contributed by atoms with Gasteiger partial charge in [0.25, 0.3) is 0 Å². The molecule has 0 saturated carbocycles. The molecule has 3 atom stereocenters. The van der Waals surface area contributed by atoms with Gasteiger partial charge in [0.15, 0.2) is 5.82 Å². The van der Waals surface area contributed by atoms with Crippen molar-refractivity contribution in [2.75, 3.05) is 77.8 Å². The Balaban J connectivity index is 1.13. The molecule has 1 aromatic heterocycles. The average Bonchev–Trinajstić information content (AvgIpc) is 3.39. The summed E-state index contributed by atoms with van der Waals surface area (Å²) >= 11 is 0. The summed E-state index contributed by atoms with van der Waals surface area (Å²) in [6, 6.07) is 16.4. The third kappa shape index (κ3) is 6.73. The molecule has 3 aromatic rings. The summed E-state index contributed by atoms with van der Waals surface area (Å²) in [7, 11) is 0. The van der Waals surface area contributed by atoms with E-state index in [0.717, 1.165) is 69.3 Å². The van der Waals surface area contributed by atoms with Gasteiger partial charge in [0, 0.05) is 67.4 Å². The van der Waals surface area contributed by atoms with E-state index in [0.29, 0.717) is 42.8 Å². The standard InChI is InChI=1S/C33H45N9O2/c1-5-39-16-18-40(19-17-39)29-14-12-28(13-15-29)35-33(43)34-27-10-8-26(9-11-27)30-36-31(41-20-21-44-22-25(41)4)38-32(37-30)42-23(2)6-7-24(42)3/h8-15,23-25H,5-7,16-22H2,1-4H3,(H2,34,35,43)/t23-,24+,25?. The Hall–Kier alpha value is -3.96. The summed E-state index contributed by atoms with van der Waals surface area (Å²) in [5.74, 6) is 2.03. The van der Waals surface area contributed by atoms with Gasteiger partial charge in [-0.25, -0.2) is 4.79 Å². The van der Waals surface area contributed by atoms with E-state index in [1.165, 1.54) is 5.69 Å². The van der Waals surface area contributed by atoms with Crippen LogP contribution in [0.2, 0.25) is 0 Å². The second-order valence-electron chi connectivity index (χ2n) is 12.2. The van der Waals surface area contributed by atoms with E-state index in [1.807, 2.05) is 36.4 Å². The molecule has 3 aliphatic rings. The van der Waals surface area contributed by atoms with Crippen LogP contribution in [-0.4, -0.2) is 96.5 Å². The van der Waals surface area contributed by atoms with Crippen molar-refractivity contribution in [3.8, 4) is 11.4 Å². The second kappa shape index (κ2) is 13.4. The number of carbonyl (C=O) groups is 1. The van der Waals surface area contributed by atoms with Crippen LogP contribution in [0, 0.1) is 0 Å². The number of likely N-dealkylation sites (N-methyl/N-ethyl adjacent to an activating group) is 1. The summed E-state index contributed by atoms with van der Waals surface area (Å²) in [5.41, 5.74) is 3.50. The molecule has 4 heterocycles. The number of amides is 2. The van der Waals surface area contributed by atoms with E-state index in [-0.39, 0.29) is 12.1 Å². The fourth-order valence-electron chi connectivity index (χ4n) is 6.41. The highest BCUT2D eigenvalue weighted by molar-refractivity contribution is 5.99. The van der Waals surface area contributed by atoms with Gasteiger partial charge in [-0.3, -0.25) is 0 Å². The first-order valence-corrected chi connectivity index (χ1v) is 16.0. The van der Waals surface area contributed by atoms with Gasteiger partial charge in [-0.1, -0.05) is 6.92 Å². The molecule has 2 N–H and O–H groups in total.